The number of nitriles is 2. The Bertz CT molecular complexity index is 3340. The first-order valence-corrected chi connectivity index (χ1v) is 18.5. The number of benzene rings is 7. The minimum Gasteiger partial charge on any atom is -0.309 e. The summed E-state index contributed by atoms with van der Waals surface area (Å²) in [6.45, 7) is 0. The molecule has 0 atom stereocenters. The van der Waals surface area contributed by atoms with E-state index < -0.39 is 11.7 Å². The van der Waals surface area contributed by atoms with Crippen LogP contribution in [-0.2, 0) is 6.18 Å². The van der Waals surface area contributed by atoms with Gasteiger partial charge in [-0.05, 0) is 101 Å². The molecule has 8 heteroatoms. The fourth-order valence-corrected chi connectivity index (χ4v) is 8.21. The molecule has 0 fully saturated rings. The van der Waals surface area contributed by atoms with Crippen LogP contribution in [0.4, 0.5) is 13.2 Å². The van der Waals surface area contributed by atoms with Crippen LogP contribution in [0.5, 0.6) is 0 Å². The smallest absolute Gasteiger partial charge is 0.309 e. The van der Waals surface area contributed by atoms with Crippen molar-refractivity contribution < 1.29 is 13.2 Å². The molecule has 58 heavy (non-hydrogen) atoms. The lowest BCUT2D eigenvalue weighted by atomic mass is 9.99. The number of pyridine rings is 1. The highest BCUT2D eigenvalue weighted by molar-refractivity contribution is 6.12. The number of fused-ring (bicyclic) bond motifs is 6. The number of hydrogen-bond acceptors (Lipinski definition) is 3. The van der Waals surface area contributed by atoms with Gasteiger partial charge in [0.15, 0.2) is 0 Å². The van der Waals surface area contributed by atoms with Gasteiger partial charge in [0.25, 0.3) is 0 Å². The second-order valence-electron chi connectivity index (χ2n) is 14.2. The van der Waals surface area contributed by atoms with Gasteiger partial charge < -0.3 is 9.13 Å². The topological polar surface area (TPSA) is 70.3 Å². The van der Waals surface area contributed by atoms with Crippen LogP contribution in [0.15, 0.2) is 170 Å². The third kappa shape index (κ3) is 5.58. The predicted octanol–water partition coefficient (Wildman–Crippen LogP) is 13.0. The van der Waals surface area contributed by atoms with E-state index in [1.165, 1.54) is 6.07 Å². The van der Waals surface area contributed by atoms with Gasteiger partial charge in [-0.25, -0.2) is 0 Å². The molecule has 0 radical (unpaired) electrons. The third-order valence-electron chi connectivity index (χ3n) is 10.9. The van der Waals surface area contributed by atoms with E-state index in [-0.39, 0.29) is 0 Å². The van der Waals surface area contributed by atoms with Crippen molar-refractivity contribution >= 4 is 43.6 Å². The maximum absolute atomic E-state index is 14.7. The highest BCUT2D eigenvalue weighted by Crippen LogP contribution is 2.43. The zero-order valence-electron chi connectivity index (χ0n) is 30.5. The number of alkyl halides is 3. The molecule has 10 rings (SSSR count). The Balaban J connectivity index is 1.22. The molecule has 0 unspecified atom stereocenters. The fraction of sp³-hybridized carbons (Fsp3) is 0.0200. The highest BCUT2D eigenvalue weighted by Gasteiger charge is 2.32. The molecule has 0 amide bonds. The van der Waals surface area contributed by atoms with Crippen LogP contribution in [-0.4, -0.2) is 14.1 Å². The molecular formula is C50H28F3N5. The summed E-state index contributed by atoms with van der Waals surface area (Å²) < 4.78 is 48.0. The van der Waals surface area contributed by atoms with Crippen LogP contribution in [0.1, 0.15) is 16.7 Å². The highest BCUT2D eigenvalue weighted by atomic mass is 19.4. The van der Waals surface area contributed by atoms with Gasteiger partial charge in [0.2, 0.25) is 0 Å². The summed E-state index contributed by atoms with van der Waals surface area (Å²) in [5.74, 6) is 0. The Morgan fingerprint density at radius 2 is 0.914 bits per heavy atom. The molecule has 0 spiro atoms. The van der Waals surface area contributed by atoms with Crippen LogP contribution >= 0.6 is 0 Å². The Morgan fingerprint density at radius 1 is 0.448 bits per heavy atom. The van der Waals surface area contributed by atoms with Gasteiger partial charge in [0, 0.05) is 38.9 Å². The Morgan fingerprint density at radius 3 is 1.43 bits per heavy atom. The van der Waals surface area contributed by atoms with E-state index in [4.69, 9.17) is 0 Å². The lowest BCUT2D eigenvalue weighted by Gasteiger charge is -2.20. The van der Waals surface area contributed by atoms with Crippen LogP contribution in [0.3, 0.4) is 0 Å². The fourth-order valence-electron chi connectivity index (χ4n) is 8.21. The minimum atomic E-state index is -4.59. The van der Waals surface area contributed by atoms with E-state index in [1.54, 1.807) is 42.7 Å². The number of hydrogen-bond donors (Lipinski definition) is 0. The lowest BCUT2D eigenvalue weighted by Crippen LogP contribution is -2.08. The summed E-state index contributed by atoms with van der Waals surface area (Å²) in [5, 5.41) is 22.5. The predicted molar refractivity (Wildman–Crippen MR) is 224 cm³/mol. The Hall–Kier alpha value is -7.94. The molecular weight excluding hydrogens is 728 g/mol. The average molecular weight is 756 g/mol. The summed E-state index contributed by atoms with van der Waals surface area (Å²) in [7, 11) is 0. The van der Waals surface area contributed by atoms with Gasteiger partial charge in [-0.2, -0.15) is 23.7 Å². The standard InChI is InChI=1S/C50H28F3N5/c51-50(52,53)37-19-20-40(48(27-37)57-44-7-3-1-5-38(44)42-25-35(17-21-46(42)57)33-13-9-31(28-54)10-14-33)41-23-24-56-30-49(41)58-45-8-4-2-6-39(45)43-26-36(18-22-47(43)58)34-15-11-32(29-55)12-16-34/h1-27,30H. The number of halogens is 3. The number of rotatable bonds is 5. The maximum atomic E-state index is 14.7. The number of aromatic nitrogens is 3. The molecule has 10 aromatic rings. The van der Waals surface area contributed by atoms with E-state index in [9.17, 15) is 23.7 Å². The van der Waals surface area contributed by atoms with Gasteiger partial charge in [0.05, 0.1) is 68.5 Å². The molecule has 0 aliphatic carbocycles. The van der Waals surface area contributed by atoms with Crippen molar-refractivity contribution in [2.24, 2.45) is 0 Å². The molecule has 0 aliphatic heterocycles. The minimum absolute atomic E-state index is 0.378. The normalized spacial score (nSPS) is 11.7. The summed E-state index contributed by atoms with van der Waals surface area (Å²) in [4.78, 5) is 4.57. The van der Waals surface area contributed by atoms with Crippen molar-refractivity contribution in [1.29, 1.82) is 10.5 Å². The lowest BCUT2D eigenvalue weighted by molar-refractivity contribution is -0.137. The zero-order valence-corrected chi connectivity index (χ0v) is 30.5. The average Bonchev–Trinajstić information content (AvgIpc) is 3.78. The van der Waals surface area contributed by atoms with Gasteiger partial charge in [-0.15, -0.1) is 0 Å². The second-order valence-corrected chi connectivity index (χ2v) is 14.2. The molecule has 0 saturated heterocycles. The van der Waals surface area contributed by atoms with Crippen molar-refractivity contribution in [1.82, 2.24) is 14.1 Å². The van der Waals surface area contributed by atoms with E-state index in [0.29, 0.717) is 33.6 Å². The molecule has 5 nitrogen and oxygen atoms in total. The Labute approximate surface area is 330 Å². The van der Waals surface area contributed by atoms with Crippen molar-refractivity contribution in [2.75, 3.05) is 0 Å². The second kappa shape index (κ2) is 13.4. The van der Waals surface area contributed by atoms with E-state index in [2.05, 4.69) is 46.0 Å². The molecule has 3 heterocycles. The van der Waals surface area contributed by atoms with Gasteiger partial charge in [-0.3, -0.25) is 4.98 Å². The molecule has 0 bridgehead atoms. The first-order chi connectivity index (χ1) is 28.3. The summed E-state index contributed by atoms with van der Waals surface area (Å²) in [5.41, 5.74) is 9.95. The molecule has 7 aromatic carbocycles. The zero-order chi connectivity index (χ0) is 39.5. The first-order valence-electron chi connectivity index (χ1n) is 18.5. The van der Waals surface area contributed by atoms with Crippen LogP contribution in [0, 0.1) is 22.7 Å². The van der Waals surface area contributed by atoms with Crippen molar-refractivity contribution in [3.05, 3.63) is 187 Å². The van der Waals surface area contributed by atoms with Gasteiger partial charge >= 0.3 is 6.18 Å². The molecule has 0 saturated carbocycles. The van der Waals surface area contributed by atoms with Crippen LogP contribution in [0.2, 0.25) is 0 Å². The Kier molecular flexibility index (Phi) is 7.96. The quantitative estimate of drug-likeness (QED) is 0.176. The number of nitrogens with zero attached hydrogens (tertiary/aromatic N) is 5. The molecule has 0 aliphatic rings. The van der Waals surface area contributed by atoms with Gasteiger partial charge in [-0.1, -0.05) is 78.9 Å². The largest absolute Gasteiger partial charge is 0.416 e. The van der Waals surface area contributed by atoms with E-state index >= 15 is 0 Å². The maximum Gasteiger partial charge on any atom is 0.416 e. The molecule has 274 valence electrons. The summed E-state index contributed by atoms with van der Waals surface area (Å²) in [6, 6.07) is 53.1. The summed E-state index contributed by atoms with van der Waals surface area (Å²) in [6.07, 6.45) is -1.14. The van der Waals surface area contributed by atoms with Crippen LogP contribution < -0.4 is 0 Å². The van der Waals surface area contributed by atoms with E-state index in [1.807, 2.05) is 95.6 Å². The third-order valence-corrected chi connectivity index (χ3v) is 10.9. The van der Waals surface area contributed by atoms with Crippen molar-refractivity contribution in [2.45, 2.75) is 6.18 Å². The van der Waals surface area contributed by atoms with Gasteiger partial charge in [0.1, 0.15) is 0 Å². The SMILES string of the molecule is N#Cc1ccc(-c2ccc3c(c2)c2ccccc2n3-c2cnccc2-c2ccc(C(F)(F)F)cc2-n2c3ccccc3c3cc(-c4ccc(C#N)cc4)ccc32)cc1. The van der Waals surface area contributed by atoms with Crippen LogP contribution in [0.25, 0.3) is 88.4 Å². The molecule has 0 N–H and O–H groups in total. The molecule has 3 aromatic heterocycles. The van der Waals surface area contributed by atoms with Crippen molar-refractivity contribution in [3.63, 3.8) is 0 Å². The number of para-hydroxylation sites is 2. The summed E-state index contributed by atoms with van der Waals surface area (Å²) >= 11 is 0. The monoisotopic (exact) mass is 755 g/mol. The first kappa shape index (κ1) is 34.5. The van der Waals surface area contributed by atoms with E-state index in [0.717, 1.165) is 71.9 Å². The van der Waals surface area contributed by atoms with Crippen molar-refractivity contribution in [3.8, 4) is 56.9 Å².